The molecule has 0 aromatic heterocycles. The third-order valence-electron chi connectivity index (χ3n) is 2.42. The first-order chi connectivity index (χ1) is 8.51. The molecule has 0 spiro atoms. The predicted octanol–water partition coefficient (Wildman–Crippen LogP) is 4.81. The Morgan fingerprint density at radius 1 is 1.28 bits per heavy atom. The highest BCUT2D eigenvalue weighted by Crippen LogP contribution is 2.21. The van der Waals surface area contributed by atoms with E-state index in [1.54, 1.807) is 11.8 Å². The van der Waals surface area contributed by atoms with E-state index < -0.39 is 8.07 Å². The minimum Gasteiger partial charge on any atom is -0.247 e. The van der Waals surface area contributed by atoms with E-state index in [0.717, 1.165) is 12.1 Å². The molecule has 1 aromatic carbocycles. The van der Waals surface area contributed by atoms with Crippen LogP contribution in [0.2, 0.25) is 25.7 Å². The molecule has 0 radical (unpaired) electrons. The molecule has 0 aliphatic carbocycles. The molecule has 1 aromatic rings. The summed E-state index contributed by atoms with van der Waals surface area (Å²) < 4.78 is 0. The zero-order chi connectivity index (χ0) is 13.4. The van der Waals surface area contributed by atoms with Crippen LogP contribution < -0.4 is 0 Å². The summed E-state index contributed by atoms with van der Waals surface area (Å²) in [6, 6.07) is 11.4. The molecule has 0 heterocycles. The quantitative estimate of drug-likeness (QED) is 0.325. The predicted molar refractivity (Wildman–Crippen MR) is 87.6 cm³/mol. The Hall–Kier alpha value is -0.983. The minimum atomic E-state index is -1.02. The van der Waals surface area contributed by atoms with E-state index in [-0.39, 0.29) is 0 Å². The Labute approximate surface area is 116 Å². The average molecular weight is 275 g/mol. The van der Waals surface area contributed by atoms with Gasteiger partial charge in [0.2, 0.25) is 0 Å². The van der Waals surface area contributed by atoms with Crippen LogP contribution >= 0.6 is 11.8 Å². The van der Waals surface area contributed by atoms with Crippen LogP contribution in [0.1, 0.15) is 6.42 Å². The molecule has 0 N–H and O–H groups in total. The number of thioether (sulfide) groups is 1. The summed E-state index contributed by atoms with van der Waals surface area (Å²) in [6.07, 6.45) is 6.39. The molecule has 0 saturated carbocycles. The number of nitrogens with zero attached hydrogens (tertiary/aromatic N) is 1. The number of para-hydroxylation sites is 1. The maximum Gasteiger partial charge on any atom is 0.0745 e. The molecule has 0 bridgehead atoms. The zero-order valence-corrected chi connectivity index (χ0v) is 13.3. The maximum absolute atomic E-state index is 5.33. The van der Waals surface area contributed by atoms with Gasteiger partial charge in [0.25, 0.3) is 0 Å². The van der Waals surface area contributed by atoms with E-state index in [2.05, 4.69) is 25.6 Å². The molecular formula is C15H21NSSi. The fourth-order valence-corrected chi connectivity index (χ4v) is 3.25. The van der Waals surface area contributed by atoms with Crippen LogP contribution in [-0.4, -0.2) is 18.9 Å². The van der Waals surface area contributed by atoms with Crippen LogP contribution in [0.3, 0.4) is 0 Å². The van der Waals surface area contributed by atoms with Gasteiger partial charge in [-0.2, -0.15) is 0 Å². The second-order valence-corrected chi connectivity index (χ2v) is 12.1. The van der Waals surface area contributed by atoms with Crippen molar-refractivity contribution >= 4 is 30.6 Å². The minimum absolute atomic E-state index is 0.706. The molecule has 1 rings (SSSR count). The second kappa shape index (κ2) is 7.45. The normalized spacial score (nSPS) is 12.2. The molecule has 18 heavy (non-hydrogen) atoms. The molecular weight excluding hydrogens is 254 g/mol. The molecule has 0 unspecified atom stereocenters. The van der Waals surface area contributed by atoms with Crippen molar-refractivity contribution in [1.29, 1.82) is 0 Å². The first-order valence-corrected chi connectivity index (χ1v) is 10.9. The van der Waals surface area contributed by atoms with E-state index in [4.69, 9.17) is 11.4 Å². The highest BCUT2D eigenvalue weighted by Gasteiger charge is 2.14. The van der Waals surface area contributed by atoms with Gasteiger partial charge < -0.3 is 0 Å². The number of rotatable bonds is 5. The Morgan fingerprint density at radius 2 is 1.94 bits per heavy atom. The fraction of sp³-hybridized carbons (Fsp3) is 0.400. The maximum atomic E-state index is 5.33. The largest absolute Gasteiger partial charge is 0.247 e. The van der Waals surface area contributed by atoms with Crippen LogP contribution in [0.5, 0.6) is 0 Å². The number of hydrogen-bond donors (Lipinski definition) is 0. The first-order valence-electron chi connectivity index (χ1n) is 6.20. The number of benzene rings is 1. The van der Waals surface area contributed by atoms with Crippen molar-refractivity contribution in [2.45, 2.75) is 32.1 Å². The van der Waals surface area contributed by atoms with Crippen molar-refractivity contribution in [1.82, 2.24) is 0 Å². The van der Waals surface area contributed by atoms with E-state index in [0.29, 0.717) is 5.75 Å². The average Bonchev–Trinajstić information content (AvgIpc) is 2.33. The lowest BCUT2D eigenvalue weighted by molar-refractivity contribution is 1.22. The van der Waals surface area contributed by atoms with Gasteiger partial charge in [0.1, 0.15) is 0 Å². The number of hydrogen-bond acceptors (Lipinski definition) is 2. The topological polar surface area (TPSA) is 12.4 Å². The van der Waals surface area contributed by atoms with Gasteiger partial charge in [-0.25, -0.2) is 4.99 Å². The van der Waals surface area contributed by atoms with Gasteiger partial charge in [0.05, 0.1) is 16.5 Å². The summed E-state index contributed by atoms with van der Waals surface area (Å²) in [5, 5.41) is 1.17. The van der Waals surface area contributed by atoms with E-state index in [1.165, 1.54) is 11.1 Å². The summed E-state index contributed by atoms with van der Waals surface area (Å²) in [4.78, 5) is 4.71. The standard InChI is InChI=1S/C15H21NSSi/c1-5-12-17-15(11-13-18(2,3)4)16-14-9-7-6-8-10-14/h1,6-10H,11-13H2,2-4H3. The summed E-state index contributed by atoms with van der Waals surface area (Å²) in [6.45, 7) is 7.16. The van der Waals surface area contributed by atoms with E-state index in [9.17, 15) is 0 Å². The van der Waals surface area contributed by atoms with Gasteiger partial charge in [-0.15, -0.1) is 6.42 Å². The smallest absolute Gasteiger partial charge is 0.0745 e. The number of aliphatic imine (C=N–C) groups is 1. The fourth-order valence-electron chi connectivity index (χ4n) is 1.41. The molecule has 96 valence electrons. The molecule has 0 aliphatic heterocycles. The van der Waals surface area contributed by atoms with Crippen LogP contribution in [0.15, 0.2) is 35.3 Å². The third-order valence-corrected chi connectivity index (χ3v) is 5.11. The van der Waals surface area contributed by atoms with Crippen LogP contribution in [-0.2, 0) is 0 Å². The lowest BCUT2D eigenvalue weighted by atomic mass is 10.3. The van der Waals surface area contributed by atoms with Crippen molar-refractivity contribution in [3.63, 3.8) is 0 Å². The Balaban J connectivity index is 2.72. The molecule has 0 saturated heterocycles. The molecule has 0 aliphatic rings. The van der Waals surface area contributed by atoms with Gasteiger partial charge >= 0.3 is 0 Å². The van der Waals surface area contributed by atoms with Crippen molar-refractivity contribution in [3.05, 3.63) is 30.3 Å². The van der Waals surface area contributed by atoms with Crippen molar-refractivity contribution < 1.29 is 0 Å². The third kappa shape index (κ3) is 6.68. The highest BCUT2D eigenvalue weighted by atomic mass is 32.2. The van der Waals surface area contributed by atoms with Gasteiger partial charge in [0.15, 0.2) is 0 Å². The second-order valence-electron chi connectivity index (χ2n) is 5.39. The van der Waals surface area contributed by atoms with Crippen LogP contribution in [0.4, 0.5) is 5.69 Å². The summed E-state index contributed by atoms with van der Waals surface area (Å²) in [5.41, 5.74) is 1.02. The SMILES string of the molecule is C#CCSC(CC[Si](C)(C)C)=Nc1ccccc1. The number of terminal acetylenes is 1. The van der Waals surface area contributed by atoms with Crippen LogP contribution in [0.25, 0.3) is 0 Å². The van der Waals surface area contributed by atoms with Crippen LogP contribution in [0, 0.1) is 12.3 Å². The van der Waals surface area contributed by atoms with Crippen molar-refractivity contribution in [3.8, 4) is 12.3 Å². The Morgan fingerprint density at radius 3 is 2.50 bits per heavy atom. The Bertz CT molecular complexity index is 426. The lowest BCUT2D eigenvalue weighted by Crippen LogP contribution is -2.20. The molecule has 3 heteroatoms. The first kappa shape index (κ1) is 15.1. The van der Waals surface area contributed by atoms with Crippen molar-refractivity contribution in [2.75, 3.05) is 5.75 Å². The van der Waals surface area contributed by atoms with Crippen molar-refractivity contribution in [2.24, 2.45) is 4.99 Å². The zero-order valence-electron chi connectivity index (χ0n) is 11.4. The highest BCUT2D eigenvalue weighted by molar-refractivity contribution is 8.14. The lowest BCUT2D eigenvalue weighted by Gasteiger charge is -2.15. The van der Waals surface area contributed by atoms with Gasteiger partial charge in [-0.1, -0.05) is 61.6 Å². The molecule has 1 nitrogen and oxygen atoms in total. The molecule has 0 atom stereocenters. The van der Waals surface area contributed by atoms with Gasteiger partial charge in [0, 0.05) is 8.07 Å². The van der Waals surface area contributed by atoms with Gasteiger partial charge in [-0.05, 0) is 18.6 Å². The monoisotopic (exact) mass is 275 g/mol. The molecule has 0 fully saturated rings. The Kier molecular flexibility index (Phi) is 6.24. The van der Waals surface area contributed by atoms with E-state index in [1.807, 2.05) is 30.3 Å². The van der Waals surface area contributed by atoms with Gasteiger partial charge in [-0.3, -0.25) is 0 Å². The summed E-state index contributed by atoms with van der Waals surface area (Å²) in [5.74, 6) is 3.38. The van der Waals surface area contributed by atoms with E-state index >= 15 is 0 Å². The summed E-state index contributed by atoms with van der Waals surface area (Å²) in [7, 11) is -1.02. The molecule has 0 amide bonds. The summed E-state index contributed by atoms with van der Waals surface area (Å²) >= 11 is 1.69.